The fraction of sp³-hybridized carbons (Fsp3) is 0.364. The predicted octanol–water partition coefficient (Wildman–Crippen LogP) is 5.20. The molecule has 8 nitrogen and oxygen atoms in total. The molecule has 0 saturated heterocycles. The van der Waals surface area contributed by atoms with E-state index in [1.54, 1.807) is 20.8 Å². The van der Waals surface area contributed by atoms with Crippen molar-refractivity contribution >= 4 is 6.09 Å². The summed E-state index contributed by atoms with van der Waals surface area (Å²) >= 11 is 0. The molecule has 2 aromatic heterocycles. The van der Waals surface area contributed by atoms with E-state index in [4.69, 9.17) is 4.74 Å². The summed E-state index contributed by atoms with van der Waals surface area (Å²) in [6, 6.07) is 5.21. The van der Waals surface area contributed by atoms with Crippen LogP contribution in [0.3, 0.4) is 0 Å². The summed E-state index contributed by atoms with van der Waals surface area (Å²) in [5, 5.41) is 5.66. The minimum Gasteiger partial charge on any atom is -0.444 e. The minimum atomic E-state index is -4.87. The molecule has 0 bridgehead atoms. The SMILES string of the molecule is CC(C)(C)OC(=O)NC(Cn1ccc(-c2noc(C(F)(F)F)n2)cc1=O)c1cccc(C(F)(F)F)c1. The molecular weight excluding hydrogens is 498 g/mol. The van der Waals surface area contributed by atoms with Crippen molar-refractivity contribution in [3.8, 4) is 11.4 Å². The van der Waals surface area contributed by atoms with Crippen LogP contribution in [-0.4, -0.2) is 26.4 Å². The Bertz CT molecular complexity index is 1290. The molecule has 0 radical (unpaired) electrons. The van der Waals surface area contributed by atoms with Crippen LogP contribution in [-0.2, 0) is 23.6 Å². The summed E-state index contributed by atoms with van der Waals surface area (Å²) in [6.07, 6.45) is -9.27. The number of aromatic nitrogens is 3. The van der Waals surface area contributed by atoms with Gasteiger partial charge < -0.3 is 19.1 Å². The van der Waals surface area contributed by atoms with Gasteiger partial charge in [-0.3, -0.25) is 4.79 Å². The van der Waals surface area contributed by atoms with Crippen LogP contribution in [0.25, 0.3) is 11.4 Å². The first-order chi connectivity index (χ1) is 16.5. The van der Waals surface area contributed by atoms with Crippen molar-refractivity contribution in [3.05, 3.63) is 70.0 Å². The van der Waals surface area contributed by atoms with Crippen LogP contribution in [0.1, 0.15) is 43.8 Å². The van der Waals surface area contributed by atoms with E-state index in [0.717, 1.165) is 28.8 Å². The summed E-state index contributed by atoms with van der Waals surface area (Å²) in [7, 11) is 0. The Balaban J connectivity index is 1.92. The first-order valence-corrected chi connectivity index (χ1v) is 10.3. The van der Waals surface area contributed by atoms with Crippen LogP contribution < -0.4 is 10.9 Å². The predicted molar refractivity (Wildman–Crippen MR) is 113 cm³/mol. The number of nitrogens with one attached hydrogen (secondary N) is 1. The standard InChI is InChI=1S/C22H20F6N4O4/c1-20(2,3)35-19(34)29-15(12-5-4-6-14(9-12)21(23,24)25)11-32-8-7-13(10-16(32)33)17-30-18(36-31-17)22(26,27)28/h4-10,15H,11H2,1-3H3,(H,29,34). The van der Waals surface area contributed by atoms with Gasteiger partial charge in [0, 0.05) is 17.8 Å². The zero-order valence-corrected chi connectivity index (χ0v) is 19.1. The number of nitrogens with zero attached hydrogens (tertiary/aromatic N) is 3. The van der Waals surface area contributed by atoms with E-state index in [1.807, 2.05) is 0 Å². The van der Waals surface area contributed by atoms with Gasteiger partial charge in [0.15, 0.2) is 0 Å². The summed E-state index contributed by atoms with van der Waals surface area (Å²) in [4.78, 5) is 28.2. The highest BCUT2D eigenvalue weighted by atomic mass is 19.4. The third-order valence-electron chi connectivity index (χ3n) is 4.61. The molecule has 36 heavy (non-hydrogen) atoms. The Kier molecular flexibility index (Phi) is 7.18. The quantitative estimate of drug-likeness (QED) is 0.466. The van der Waals surface area contributed by atoms with Crippen molar-refractivity contribution in [2.24, 2.45) is 0 Å². The number of alkyl halides is 6. The molecule has 0 saturated carbocycles. The van der Waals surface area contributed by atoms with Crippen LogP contribution in [0.5, 0.6) is 0 Å². The topological polar surface area (TPSA) is 99.2 Å². The molecule has 0 aliphatic heterocycles. The van der Waals surface area contributed by atoms with Gasteiger partial charge in [0.1, 0.15) is 5.60 Å². The van der Waals surface area contributed by atoms with Gasteiger partial charge in [-0.05, 0) is 44.5 Å². The fourth-order valence-corrected chi connectivity index (χ4v) is 3.07. The molecule has 2 heterocycles. The Morgan fingerprint density at radius 3 is 2.33 bits per heavy atom. The maximum absolute atomic E-state index is 13.2. The van der Waals surface area contributed by atoms with Crippen LogP contribution in [0.4, 0.5) is 31.1 Å². The molecule has 0 spiro atoms. The Hall–Kier alpha value is -3.84. The molecule has 1 atom stereocenters. The number of amides is 1. The monoisotopic (exact) mass is 518 g/mol. The maximum atomic E-state index is 13.2. The van der Waals surface area contributed by atoms with Gasteiger partial charge in [-0.25, -0.2) is 4.79 Å². The molecule has 0 aliphatic rings. The Morgan fingerprint density at radius 2 is 1.78 bits per heavy atom. The zero-order chi connectivity index (χ0) is 26.9. The highest BCUT2D eigenvalue weighted by Crippen LogP contribution is 2.31. The molecule has 0 aliphatic carbocycles. The van der Waals surface area contributed by atoms with Gasteiger partial charge in [0.05, 0.1) is 18.2 Å². The lowest BCUT2D eigenvalue weighted by Gasteiger charge is -2.25. The number of halogens is 6. The van der Waals surface area contributed by atoms with Crippen molar-refractivity contribution < 1.29 is 40.4 Å². The number of rotatable bonds is 5. The number of carbonyl (C=O) groups excluding carboxylic acids is 1. The van der Waals surface area contributed by atoms with Gasteiger partial charge in [0.2, 0.25) is 5.82 Å². The molecule has 1 N–H and O–H groups in total. The van der Waals surface area contributed by atoms with Crippen LogP contribution in [0.15, 0.2) is 51.9 Å². The number of alkyl carbamates (subject to hydrolysis) is 1. The number of hydrogen-bond acceptors (Lipinski definition) is 6. The second-order valence-electron chi connectivity index (χ2n) is 8.65. The lowest BCUT2D eigenvalue weighted by molar-refractivity contribution is -0.159. The van der Waals surface area contributed by atoms with Gasteiger partial charge in [-0.1, -0.05) is 17.3 Å². The van der Waals surface area contributed by atoms with Gasteiger partial charge in [-0.15, -0.1) is 0 Å². The Morgan fingerprint density at radius 1 is 1.08 bits per heavy atom. The third-order valence-corrected chi connectivity index (χ3v) is 4.61. The van der Waals surface area contributed by atoms with Gasteiger partial charge >= 0.3 is 24.3 Å². The molecule has 1 aromatic carbocycles. The average molecular weight is 518 g/mol. The van der Waals surface area contributed by atoms with E-state index in [9.17, 15) is 35.9 Å². The number of carbonyl (C=O) groups is 1. The average Bonchev–Trinajstić information content (AvgIpc) is 3.23. The smallest absolute Gasteiger partial charge is 0.444 e. The van der Waals surface area contributed by atoms with Crippen LogP contribution in [0, 0.1) is 0 Å². The highest BCUT2D eigenvalue weighted by Gasteiger charge is 2.38. The molecule has 1 unspecified atom stereocenters. The van der Waals surface area contributed by atoms with Crippen LogP contribution in [0.2, 0.25) is 0 Å². The number of pyridine rings is 1. The molecule has 0 fully saturated rings. The summed E-state index contributed by atoms with van der Waals surface area (Å²) in [5.74, 6) is -2.07. The largest absolute Gasteiger partial charge is 0.471 e. The molecule has 1 amide bonds. The van der Waals surface area contributed by atoms with E-state index >= 15 is 0 Å². The van der Waals surface area contributed by atoms with Gasteiger partial charge in [0.25, 0.3) is 5.56 Å². The van der Waals surface area contributed by atoms with Crippen molar-refractivity contribution in [3.63, 3.8) is 0 Å². The van der Waals surface area contributed by atoms with Crippen molar-refractivity contribution in [1.29, 1.82) is 0 Å². The molecule has 194 valence electrons. The van der Waals surface area contributed by atoms with Gasteiger partial charge in [-0.2, -0.15) is 31.3 Å². The first kappa shape index (κ1) is 26.8. The summed E-state index contributed by atoms with van der Waals surface area (Å²) < 4.78 is 88.2. The van der Waals surface area contributed by atoms with E-state index in [1.165, 1.54) is 18.3 Å². The lowest BCUT2D eigenvalue weighted by Crippen LogP contribution is -2.38. The first-order valence-electron chi connectivity index (χ1n) is 10.3. The van der Waals surface area contributed by atoms with E-state index in [0.29, 0.717) is 0 Å². The number of benzene rings is 1. The fourth-order valence-electron chi connectivity index (χ4n) is 3.07. The molecular formula is C22H20F6N4O4. The second-order valence-corrected chi connectivity index (χ2v) is 8.65. The van der Waals surface area contributed by atoms with E-state index in [2.05, 4.69) is 20.0 Å². The minimum absolute atomic E-state index is 0.0413. The van der Waals surface area contributed by atoms with Crippen molar-refractivity contribution in [2.45, 2.75) is 51.3 Å². The normalized spacial score (nSPS) is 13.4. The maximum Gasteiger partial charge on any atom is 0.471 e. The van der Waals surface area contributed by atoms with E-state index in [-0.39, 0.29) is 17.7 Å². The summed E-state index contributed by atoms with van der Waals surface area (Å²) in [6.45, 7) is 4.46. The van der Waals surface area contributed by atoms with Crippen LogP contribution >= 0.6 is 0 Å². The van der Waals surface area contributed by atoms with E-state index < -0.39 is 52.9 Å². The molecule has 14 heteroatoms. The zero-order valence-electron chi connectivity index (χ0n) is 19.1. The third kappa shape index (κ3) is 6.86. The van der Waals surface area contributed by atoms with Crippen molar-refractivity contribution in [1.82, 2.24) is 20.0 Å². The molecule has 3 rings (SSSR count). The lowest BCUT2D eigenvalue weighted by atomic mass is 10.0. The number of hydrogen-bond donors (Lipinski definition) is 1. The highest BCUT2D eigenvalue weighted by molar-refractivity contribution is 5.68. The summed E-state index contributed by atoms with van der Waals surface area (Å²) in [5.41, 5.74) is -2.64. The molecule has 3 aromatic rings. The second kappa shape index (κ2) is 9.66. The number of ether oxygens (including phenoxy) is 1. The Labute approximate surface area is 199 Å². The van der Waals surface area contributed by atoms with Crippen molar-refractivity contribution in [2.75, 3.05) is 0 Å².